The van der Waals surface area contributed by atoms with E-state index in [1.54, 1.807) is 0 Å². The second-order valence-electron chi connectivity index (χ2n) is 16.4. The third-order valence-corrected chi connectivity index (χ3v) is 17.9. The molecular weight excluding hydrogens is 777 g/mol. The van der Waals surface area contributed by atoms with Gasteiger partial charge >= 0.3 is 0 Å². The molecule has 0 atom stereocenters. The zero-order valence-electron chi connectivity index (χ0n) is 34.6. The van der Waals surface area contributed by atoms with Gasteiger partial charge in [-0.1, -0.05) is 224 Å². The molecule has 12 aromatic rings. The Labute approximate surface area is 368 Å². The molecule has 0 bridgehead atoms. The number of benzene rings is 10. The first-order chi connectivity index (χ1) is 31.3. The van der Waals surface area contributed by atoms with E-state index in [2.05, 4.69) is 264 Å². The fourth-order valence-electron chi connectivity index (χ4n) is 10.5. The van der Waals surface area contributed by atoms with Crippen molar-refractivity contribution >= 4 is 72.4 Å². The lowest BCUT2D eigenvalue weighted by atomic mass is 9.99. The highest BCUT2D eigenvalue weighted by Gasteiger charge is 2.43. The van der Waals surface area contributed by atoms with Crippen LogP contribution in [0.2, 0.25) is 0 Å². The lowest BCUT2D eigenvalue weighted by Crippen LogP contribution is -2.75. The minimum atomic E-state index is -3.04. The Morgan fingerprint density at radius 1 is 0.302 bits per heavy atom. The van der Waals surface area contributed by atoms with Gasteiger partial charge < -0.3 is 9.13 Å². The van der Waals surface area contributed by atoms with E-state index in [1.165, 1.54) is 86.6 Å². The first kappa shape index (κ1) is 36.8. The van der Waals surface area contributed by atoms with Gasteiger partial charge in [0.1, 0.15) is 0 Å². The minimum absolute atomic E-state index is 1.13. The largest absolute Gasteiger partial charge is 0.307 e. The summed E-state index contributed by atoms with van der Waals surface area (Å²) in [6.07, 6.45) is 0. The Bertz CT molecular complexity index is 3500. The smallest absolute Gasteiger partial charge is 0.181 e. The SMILES string of the molecule is c1ccc(-c2cccc(-n3c4ccccc4c4cccc(-n5c6cccc(-c7ccccc7)c6c6cccc([Si](c7ccccc7)(c7ccccc7)c7ccccc7)c65)c43)c2)cc1. The average Bonchev–Trinajstić information content (AvgIpc) is 3.90. The molecule has 10 aromatic carbocycles. The Hall–Kier alpha value is -7.98. The molecule has 0 N–H and O–H groups in total. The van der Waals surface area contributed by atoms with Crippen LogP contribution in [0.3, 0.4) is 0 Å². The summed E-state index contributed by atoms with van der Waals surface area (Å²) in [6, 6.07) is 94.4. The Morgan fingerprint density at radius 2 is 0.794 bits per heavy atom. The summed E-state index contributed by atoms with van der Waals surface area (Å²) in [5, 5.41) is 10.3. The summed E-state index contributed by atoms with van der Waals surface area (Å²) < 4.78 is 5.13. The highest BCUT2D eigenvalue weighted by atomic mass is 28.3. The molecule has 2 aromatic heterocycles. The van der Waals surface area contributed by atoms with Gasteiger partial charge in [-0.05, 0) is 73.3 Å². The first-order valence-electron chi connectivity index (χ1n) is 21.8. The first-order valence-corrected chi connectivity index (χ1v) is 23.8. The van der Waals surface area contributed by atoms with Crippen LogP contribution in [0.1, 0.15) is 0 Å². The fraction of sp³-hybridized carbons (Fsp3) is 0. The highest BCUT2D eigenvalue weighted by molar-refractivity contribution is 7.20. The quantitative estimate of drug-likeness (QED) is 0.107. The third kappa shape index (κ3) is 5.78. The van der Waals surface area contributed by atoms with E-state index in [-0.39, 0.29) is 0 Å². The van der Waals surface area contributed by atoms with Crippen LogP contribution in [-0.2, 0) is 0 Å². The number of aromatic nitrogens is 2. The molecule has 3 heteroatoms. The van der Waals surface area contributed by atoms with Gasteiger partial charge in [0.05, 0.1) is 27.8 Å². The number of hydrogen-bond donors (Lipinski definition) is 0. The lowest BCUT2D eigenvalue weighted by Gasteiger charge is -2.35. The zero-order valence-corrected chi connectivity index (χ0v) is 35.6. The van der Waals surface area contributed by atoms with Crippen LogP contribution in [-0.4, -0.2) is 17.2 Å². The molecule has 12 rings (SSSR count). The van der Waals surface area contributed by atoms with Crippen molar-refractivity contribution in [3.8, 4) is 33.6 Å². The maximum atomic E-state index is 2.63. The van der Waals surface area contributed by atoms with Crippen molar-refractivity contribution in [2.75, 3.05) is 0 Å². The summed E-state index contributed by atoms with van der Waals surface area (Å²) in [5.41, 5.74) is 11.9. The van der Waals surface area contributed by atoms with E-state index in [4.69, 9.17) is 0 Å². The van der Waals surface area contributed by atoms with E-state index in [0.717, 1.165) is 11.4 Å². The molecule has 0 saturated carbocycles. The second-order valence-corrected chi connectivity index (χ2v) is 20.2. The van der Waals surface area contributed by atoms with Gasteiger partial charge in [-0.2, -0.15) is 0 Å². The van der Waals surface area contributed by atoms with Crippen LogP contribution in [0, 0.1) is 0 Å². The number of rotatable bonds is 8. The van der Waals surface area contributed by atoms with Crippen LogP contribution in [0.25, 0.3) is 77.2 Å². The number of fused-ring (bicyclic) bond motifs is 6. The monoisotopic (exact) mass is 818 g/mol. The van der Waals surface area contributed by atoms with Gasteiger partial charge in [-0.25, -0.2) is 0 Å². The van der Waals surface area contributed by atoms with Crippen LogP contribution in [0.4, 0.5) is 0 Å². The molecule has 0 unspecified atom stereocenters. The molecule has 0 aliphatic heterocycles. The van der Waals surface area contributed by atoms with Crippen LogP contribution >= 0.6 is 0 Å². The van der Waals surface area contributed by atoms with Gasteiger partial charge in [-0.3, -0.25) is 0 Å². The number of para-hydroxylation sites is 3. The third-order valence-electron chi connectivity index (χ3n) is 13.0. The standard InChI is InChI=1S/C60H42N2Si/c1-6-22-43(23-7-1)45-26-18-27-46(42-45)61-54-38-17-16-34-51(54)52-36-20-40-56(59(52)61)62-55-39-19-35-50(44-24-8-2-9-25-44)58(55)53-37-21-41-57(60(53)62)63(47-28-10-3-11-29-47,48-30-12-4-13-31-48)49-32-14-5-15-33-49/h1-42H. The van der Waals surface area contributed by atoms with Crippen LogP contribution in [0.5, 0.6) is 0 Å². The van der Waals surface area contributed by atoms with Gasteiger partial charge in [0.25, 0.3) is 0 Å². The lowest BCUT2D eigenvalue weighted by molar-refractivity contribution is 1.13. The summed E-state index contributed by atoms with van der Waals surface area (Å²) >= 11 is 0. The number of hydrogen-bond acceptors (Lipinski definition) is 0. The predicted octanol–water partition coefficient (Wildman–Crippen LogP) is 12.6. The predicted molar refractivity (Wildman–Crippen MR) is 270 cm³/mol. The molecule has 0 amide bonds. The Kier molecular flexibility index (Phi) is 8.87. The van der Waals surface area contributed by atoms with Crippen molar-refractivity contribution < 1.29 is 0 Å². The second kappa shape index (κ2) is 15.2. The topological polar surface area (TPSA) is 9.86 Å². The molecule has 0 aliphatic carbocycles. The molecular formula is C60H42N2Si. The summed E-state index contributed by atoms with van der Waals surface area (Å²) in [6.45, 7) is 0. The van der Waals surface area contributed by atoms with E-state index in [9.17, 15) is 0 Å². The van der Waals surface area contributed by atoms with Crippen molar-refractivity contribution in [1.29, 1.82) is 0 Å². The maximum absolute atomic E-state index is 3.04. The van der Waals surface area contributed by atoms with Gasteiger partial charge in [0, 0.05) is 27.2 Å². The fourth-order valence-corrected chi connectivity index (χ4v) is 15.4. The van der Waals surface area contributed by atoms with Gasteiger partial charge in [-0.15, -0.1) is 0 Å². The van der Waals surface area contributed by atoms with Gasteiger partial charge in [0.15, 0.2) is 8.07 Å². The minimum Gasteiger partial charge on any atom is -0.307 e. The zero-order chi connectivity index (χ0) is 41.7. The molecule has 63 heavy (non-hydrogen) atoms. The summed E-state index contributed by atoms with van der Waals surface area (Å²) in [5.74, 6) is 0. The maximum Gasteiger partial charge on any atom is 0.181 e. The number of nitrogens with zero attached hydrogens (tertiary/aromatic N) is 2. The van der Waals surface area contributed by atoms with Gasteiger partial charge in [0.2, 0.25) is 0 Å². The van der Waals surface area contributed by atoms with Crippen LogP contribution in [0.15, 0.2) is 255 Å². The summed E-state index contributed by atoms with van der Waals surface area (Å²) in [7, 11) is -3.04. The highest BCUT2D eigenvalue weighted by Crippen LogP contribution is 2.42. The molecule has 2 nitrogen and oxygen atoms in total. The average molecular weight is 819 g/mol. The van der Waals surface area contributed by atoms with Crippen molar-refractivity contribution in [3.63, 3.8) is 0 Å². The van der Waals surface area contributed by atoms with E-state index in [1.807, 2.05) is 0 Å². The normalized spacial score (nSPS) is 11.8. The van der Waals surface area contributed by atoms with E-state index < -0.39 is 8.07 Å². The molecule has 0 saturated heterocycles. The Morgan fingerprint density at radius 3 is 1.46 bits per heavy atom. The molecule has 2 heterocycles. The molecule has 0 spiro atoms. The van der Waals surface area contributed by atoms with Crippen LogP contribution < -0.4 is 20.7 Å². The van der Waals surface area contributed by atoms with Crippen molar-refractivity contribution in [2.45, 2.75) is 0 Å². The molecule has 0 fully saturated rings. The van der Waals surface area contributed by atoms with E-state index >= 15 is 0 Å². The molecule has 296 valence electrons. The summed E-state index contributed by atoms with van der Waals surface area (Å²) in [4.78, 5) is 0. The van der Waals surface area contributed by atoms with Crippen molar-refractivity contribution in [1.82, 2.24) is 9.13 Å². The van der Waals surface area contributed by atoms with E-state index in [0.29, 0.717) is 0 Å². The Balaban J connectivity index is 1.29. The molecule has 0 radical (unpaired) electrons. The molecule has 0 aliphatic rings. The van der Waals surface area contributed by atoms with Crippen molar-refractivity contribution in [2.24, 2.45) is 0 Å². The van der Waals surface area contributed by atoms with Crippen molar-refractivity contribution in [3.05, 3.63) is 255 Å².